The van der Waals surface area contributed by atoms with Crippen molar-refractivity contribution >= 4 is 23.1 Å². The third-order valence-electron chi connectivity index (χ3n) is 9.48. The molecule has 0 radical (unpaired) electrons. The maximum atomic E-state index is 14.6. The van der Waals surface area contributed by atoms with Gasteiger partial charge in [-0.1, -0.05) is 146 Å². The van der Waals surface area contributed by atoms with Crippen molar-refractivity contribution in [3.8, 4) is 0 Å². The Bertz CT molecular complexity index is 1590. The van der Waals surface area contributed by atoms with E-state index >= 15 is 0 Å². The summed E-state index contributed by atoms with van der Waals surface area (Å²) in [5.74, 6) is -5.39. The van der Waals surface area contributed by atoms with Crippen molar-refractivity contribution in [2.75, 3.05) is 0 Å². The van der Waals surface area contributed by atoms with Crippen molar-refractivity contribution in [2.45, 2.75) is 11.8 Å². The van der Waals surface area contributed by atoms with Gasteiger partial charge in [-0.2, -0.15) is 0 Å². The Balaban J connectivity index is 1.50. The van der Waals surface area contributed by atoms with E-state index in [-0.39, 0.29) is 23.1 Å². The monoisotopic (exact) mass is 574 g/mol. The predicted molar refractivity (Wildman–Crippen MR) is 169 cm³/mol. The van der Waals surface area contributed by atoms with Gasteiger partial charge in [0, 0.05) is 57.8 Å². The highest BCUT2D eigenvalue weighted by atomic mass is 16.1. The first-order valence-corrected chi connectivity index (χ1v) is 15.0. The van der Waals surface area contributed by atoms with E-state index in [9.17, 15) is 19.2 Å². The van der Waals surface area contributed by atoms with Gasteiger partial charge < -0.3 is 0 Å². The number of fused-ring (bicyclic) bond motifs is 2. The van der Waals surface area contributed by atoms with Gasteiger partial charge in [-0.05, 0) is 11.1 Å². The van der Waals surface area contributed by atoms with Crippen molar-refractivity contribution in [1.29, 1.82) is 0 Å². The summed E-state index contributed by atoms with van der Waals surface area (Å²) in [5, 5.41) is 0. The van der Waals surface area contributed by atoms with Crippen molar-refractivity contribution in [3.63, 3.8) is 0 Å². The zero-order valence-corrected chi connectivity index (χ0v) is 24.0. The van der Waals surface area contributed by atoms with E-state index in [2.05, 4.69) is 0 Å². The summed E-state index contributed by atoms with van der Waals surface area (Å²) in [4.78, 5) is 58.6. The lowest BCUT2D eigenvalue weighted by atomic mass is 9.44. The Morgan fingerprint density at radius 1 is 0.295 bits per heavy atom. The Kier molecular flexibility index (Phi) is 7.19. The number of benzene rings is 5. The number of carbonyl (C=O) groups excluding carboxylic acids is 4. The summed E-state index contributed by atoms with van der Waals surface area (Å²) in [6.45, 7) is 0. The van der Waals surface area contributed by atoms with E-state index in [1.165, 1.54) is 0 Å². The molecule has 1 fully saturated rings. The summed E-state index contributed by atoms with van der Waals surface area (Å²) in [5.41, 5.74) is 3.71. The fraction of sp³-hybridized carbons (Fsp3) is 0.150. The normalized spacial score (nSPS) is 23.4. The number of carbonyl (C=O) groups is 4. The van der Waals surface area contributed by atoms with Crippen LogP contribution in [0.15, 0.2) is 146 Å². The van der Waals surface area contributed by atoms with Crippen LogP contribution in [-0.4, -0.2) is 23.1 Å². The summed E-state index contributed by atoms with van der Waals surface area (Å²) in [7, 11) is 0. The van der Waals surface area contributed by atoms with Crippen LogP contribution in [-0.2, 0) is 0 Å². The number of rotatable bonds is 8. The lowest BCUT2D eigenvalue weighted by molar-refractivity contribution is 0.0260. The Labute approximate surface area is 256 Å². The van der Waals surface area contributed by atoms with Crippen LogP contribution in [0.3, 0.4) is 0 Å². The highest BCUT2D eigenvalue weighted by Crippen LogP contribution is 2.63. The predicted octanol–water partition coefficient (Wildman–Crippen LogP) is 7.88. The number of ketones is 4. The van der Waals surface area contributed by atoms with Crippen LogP contribution < -0.4 is 0 Å². The molecule has 0 amide bonds. The zero-order valence-electron chi connectivity index (χ0n) is 24.0. The van der Waals surface area contributed by atoms with Crippen LogP contribution in [0.5, 0.6) is 0 Å². The molecule has 5 aromatic carbocycles. The van der Waals surface area contributed by atoms with Gasteiger partial charge in [0.25, 0.3) is 0 Å². The molecule has 4 nitrogen and oxygen atoms in total. The van der Waals surface area contributed by atoms with Crippen LogP contribution >= 0.6 is 0 Å². The van der Waals surface area contributed by atoms with Gasteiger partial charge in [-0.15, -0.1) is 0 Å². The number of hydrogen-bond acceptors (Lipinski definition) is 4. The molecule has 2 bridgehead atoms. The summed E-state index contributed by atoms with van der Waals surface area (Å²) < 4.78 is 0. The highest BCUT2D eigenvalue weighted by Gasteiger charge is 2.63. The number of hydrogen-bond donors (Lipinski definition) is 0. The molecular formula is C40H30O4. The fourth-order valence-electron chi connectivity index (χ4n) is 7.72. The van der Waals surface area contributed by atoms with Crippen LogP contribution in [0.4, 0.5) is 0 Å². The van der Waals surface area contributed by atoms with Crippen LogP contribution in [0.25, 0.3) is 0 Å². The lowest BCUT2D eigenvalue weighted by Crippen LogP contribution is -2.57. The molecule has 0 aromatic heterocycles. The second kappa shape index (κ2) is 11.5. The maximum absolute atomic E-state index is 14.6. The fourth-order valence-corrected chi connectivity index (χ4v) is 7.72. The molecule has 214 valence electrons. The molecule has 0 aliphatic heterocycles. The first-order valence-electron chi connectivity index (χ1n) is 15.0. The molecular weight excluding hydrogens is 544 g/mol. The van der Waals surface area contributed by atoms with Crippen molar-refractivity contribution in [3.05, 3.63) is 179 Å². The molecule has 8 rings (SSSR count). The molecule has 5 aromatic rings. The molecule has 0 heterocycles. The molecule has 3 aliphatic rings. The maximum Gasteiger partial charge on any atom is 0.167 e. The van der Waals surface area contributed by atoms with Crippen molar-refractivity contribution < 1.29 is 19.2 Å². The Morgan fingerprint density at radius 3 is 0.727 bits per heavy atom. The molecule has 0 N–H and O–H groups in total. The second-order valence-corrected chi connectivity index (χ2v) is 11.7. The van der Waals surface area contributed by atoms with Gasteiger partial charge in [-0.3, -0.25) is 19.2 Å². The van der Waals surface area contributed by atoms with Gasteiger partial charge in [0.15, 0.2) is 23.1 Å². The topological polar surface area (TPSA) is 68.3 Å². The third kappa shape index (κ3) is 4.55. The molecule has 0 saturated heterocycles. The number of Topliss-reactive ketones (excluding diaryl/α,β-unsaturated/α-hetero) is 4. The van der Waals surface area contributed by atoms with Gasteiger partial charge in [-0.25, -0.2) is 0 Å². The van der Waals surface area contributed by atoms with Gasteiger partial charge in [0.2, 0.25) is 0 Å². The first-order chi connectivity index (χ1) is 21.6. The largest absolute Gasteiger partial charge is 0.294 e. The van der Waals surface area contributed by atoms with Gasteiger partial charge >= 0.3 is 0 Å². The van der Waals surface area contributed by atoms with E-state index in [1.54, 1.807) is 48.5 Å². The Morgan fingerprint density at radius 2 is 0.500 bits per heavy atom. The molecule has 0 spiro atoms. The van der Waals surface area contributed by atoms with Crippen LogP contribution in [0.2, 0.25) is 0 Å². The van der Waals surface area contributed by atoms with Crippen LogP contribution in [0.1, 0.15) is 64.4 Å². The van der Waals surface area contributed by atoms with Crippen molar-refractivity contribution in [2.24, 2.45) is 23.7 Å². The standard InChI is InChI=1S/C40H30O4/c41-37(25-15-5-1-6-16-25)33-31-29-23-13-14-24-30(29)32(34(33)38(42)26-17-7-2-8-18-26)36(40(44)28-21-11-4-12-22-28)35(31)39(43)27-19-9-3-10-20-27/h1-24,31-36H/t31?,32?,33-,34-,35-,36+/m0/s1. The quantitative estimate of drug-likeness (QED) is 0.177. The summed E-state index contributed by atoms with van der Waals surface area (Å²) in [6, 6.07) is 43.8. The minimum Gasteiger partial charge on any atom is -0.294 e. The molecule has 2 unspecified atom stereocenters. The molecule has 44 heavy (non-hydrogen) atoms. The SMILES string of the molecule is O=C(c1ccccc1)[C@@H]1C2c3ccccc3C([C@@H]1C(=O)c1ccccc1)[C@H](C(=O)c1ccccc1)[C@H]2C(=O)c1ccccc1. The van der Waals surface area contributed by atoms with Crippen LogP contribution in [0, 0.1) is 23.7 Å². The van der Waals surface area contributed by atoms with E-state index in [0.29, 0.717) is 22.3 Å². The minimum atomic E-state index is -0.831. The smallest absolute Gasteiger partial charge is 0.167 e. The average molecular weight is 575 g/mol. The molecule has 1 saturated carbocycles. The first kappa shape index (κ1) is 27.6. The third-order valence-corrected chi connectivity index (χ3v) is 9.48. The average Bonchev–Trinajstić information content (AvgIpc) is 3.11. The lowest BCUT2D eigenvalue weighted by Gasteiger charge is -2.55. The summed E-state index contributed by atoms with van der Waals surface area (Å²) >= 11 is 0. The van der Waals surface area contributed by atoms with E-state index < -0.39 is 35.5 Å². The van der Waals surface area contributed by atoms with E-state index in [1.807, 2.05) is 97.1 Å². The molecule has 4 heteroatoms. The van der Waals surface area contributed by atoms with Gasteiger partial charge in [0.05, 0.1) is 0 Å². The zero-order chi connectivity index (χ0) is 30.2. The highest BCUT2D eigenvalue weighted by molar-refractivity contribution is 6.11. The van der Waals surface area contributed by atoms with E-state index in [4.69, 9.17) is 0 Å². The molecule has 6 atom stereocenters. The van der Waals surface area contributed by atoms with Crippen molar-refractivity contribution in [1.82, 2.24) is 0 Å². The van der Waals surface area contributed by atoms with Gasteiger partial charge in [0.1, 0.15) is 0 Å². The minimum absolute atomic E-state index is 0.180. The second-order valence-electron chi connectivity index (χ2n) is 11.7. The Hall–Kier alpha value is -5.22. The van der Waals surface area contributed by atoms with E-state index in [0.717, 1.165) is 11.1 Å². The summed E-state index contributed by atoms with van der Waals surface area (Å²) in [6.07, 6.45) is 0. The molecule has 3 aliphatic carbocycles.